The Morgan fingerprint density at radius 1 is 1.06 bits per heavy atom. The van der Waals surface area contributed by atoms with Crippen molar-refractivity contribution in [3.8, 4) is 6.07 Å². The van der Waals surface area contributed by atoms with E-state index in [2.05, 4.69) is 16.3 Å². The van der Waals surface area contributed by atoms with E-state index in [-0.39, 0.29) is 29.9 Å². The lowest BCUT2D eigenvalue weighted by molar-refractivity contribution is -0.138. The van der Waals surface area contributed by atoms with Crippen LogP contribution in [0.1, 0.15) is 41.6 Å². The van der Waals surface area contributed by atoms with E-state index in [4.69, 9.17) is 5.26 Å². The van der Waals surface area contributed by atoms with E-state index in [1.807, 2.05) is 0 Å². The van der Waals surface area contributed by atoms with Crippen molar-refractivity contribution in [2.75, 3.05) is 39.3 Å². The van der Waals surface area contributed by atoms with Crippen LogP contribution in [0, 0.1) is 29.0 Å². The van der Waals surface area contributed by atoms with Crippen molar-refractivity contribution in [2.24, 2.45) is 11.8 Å². The first kappa shape index (κ1) is 24.0. The van der Waals surface area contributed by atoms with Gasteiger partial charge in [0.2, 0.25) is 5.91 Å². The fraction of sp³-hybridized carbons (Fsp3) is 0.591. The number of alkyl halides is 3. The molecule has 2 aliphatic heterocycles. The molecule has 6 nitrogen and oxygen atoms in total. The van der Waals surface area contributed by atoms with Crippen molar-refractivity contribution in [1.29, 1.82) is 5.26 Å². The maximum atomic E-state index is 13.5. The SMILES string of the molecule is N#CC1CCN(CC(=O)N2CCC(CNC(=O)c3cc(F)cc(C(F)(F)F)c3)CC2)CC1. The summed E-state index contributed by atoms with van der Waals surface area (Å²) >= 11 is 0. The first-order valence-corrected chi connectivity index (χ1v) is 10.7. The molecular weight excluding hydrogens is 428 g/mol. The molecule has 0 aromatic heterocycles. The molecule has 3 rings (SSSR count). The monoisotopic (exact) mass is 454 g/mol. The Balaban J connectivity index is 1.43. The molecule has 2 saturated heterocycles. The van der Waals surface area contributed by atoms with Crippen molar-refractivity contribution < 1.29 is 27.2 Å². The molecule has 32 heavy (non-hydrogen) atoms. The summed E-state index contributed by atoms with van der Waals surface area (Å²) in [5, 5.41) is 11.5. The van der Waals surface area contributed by atoms with Crippen molar-refractivity contribution in [3.63, 3.8) is 0 Å². The maximum absolute atomic E-state index is 13.5. The second kappa shape index (κ2) is 10.3. The van der Waals surface area contributed by atoms with Gasteiger partial charge in [0.25, 0.3) is 5.91 Å². The molecule has 2 aliphatic rings. The zero-order chi connectivity index (χ0) is 23.3. The Hall–Kier alpha value is -2.67. The number of amides is 2. The van der Waals surface area contributed by atoms with E-state index in [9.17, 15) is 27.2 Å². The first-order chi connectivity index (χ1) is 15.2. The summed E-state index contributed by atoms with van der Waals surface area (Å²) in [6.45, 7) is 3.16. The fourth-order valence-electron chi connectivity index (χ4n) is 4.12. The highest BCUT2D eigenvalue weighted by Gasteiger charge is 2.32. The Bertz CT molecular complexity index is 868. The Kier molecular flexibility index (Phi) is 7.72. The van der Waals surface area contributed by atoms with Gasteiger partial charge in [-0.25, -0.2) is 4.39 Å². The van der Waals surface area contributed by atoms with Gasteiger partial charge in [0.05, 0.1) is 18.2 Å². The number of halogens is 4. The highest BCUT2D eigenvalue weighted by atomic mass is 19.4. The number of carbonyl (C=O) groups is 2. The number of hydrogen-bond acceptors (Lipinski definition) is 4. The van der Waals surface area contributed by atoms with E-state index in [0.717, 1.165) is 32.0 Å². The topological polar surface area (TPSA) is 76.4 Å². The smallest absolute Gasteiger partial charge is 0.352 e. The summed E-state index contributed by atoms with van der Waals surface area (Å²) < 4.78 is 52.0. The third kappa shape index (κ3) is 6.42. The van der Waals surface area contributed by atoms with Gasteiger partial charge < -0.3 is 10.2 Å². The second-order valence-corrected chi connectivity index (χ2v) is 8.44. The van der Waals surface area contributed by atoms with Crippen LogP contribution in [0.25, 0.3) is 0 Å². The number of carbonyl (C=O) groups excluding carboxylic acids is 2. The van der Waals surface area contributed by atoms with Gasteiger partial charge in [0.15, 0.2) is 0 Å². The Morgan fingerprint density at radius 3 is 2.31 bits per heavy atom. The van der Waals surface area contributed by atoms with Gasteiger partial charge in [-0.05, 0) is 62.9 Å². The summed E-state index contributed by atoms with van der Waals surface area (Å²) in [6.07, 6.45) is -1.84. The molecule has 10 heteroatoms. The highest BCUT2D eigenvalue weighted by Crippen LogP contribution is 2.30. The molecule has 2 fully saturated rings. The summed E-state index contributed by atoms with van der Waals surface area (Å²) in [4.78, 5) is 28.6. The molecule has 1 aromatic carbocycles. The van der Waals surface area contributed by atoms with Crippen molar-refractivity contribution in [2.45, 2.75) is 31.9 Å². The minimum atomic E-state index is -4.73. The van der Waals surface area contributed by atoms with Crippen LogP contribution in [0.2, 0.25) is 0 Å². The molecule has 0 spiro atoms. The number of nitrogens with one attached hydrogen (secondary N) is 1. The van der Waals surface area contributed by atoms with Gasteiger partial charge in [-0.1, -0.05) is 0 Å². The zero-order valence-electron chi connectivity index (χ0n) is 17.6. The Labute approximate surface area is 184 Å². The number of piperidine rings is 2. The zero-order valence-corrected chi connectivity index (χ0v) is 17.6. The van der Waals surface area contributed by atoms with Crippen molar-refractivity contribution in [1.82, 2.24) is 15.1 Å². The molecule has 0 atom stereocenters. The van der Waals surface area contributed by atoms with Crippen LogP contribution in [0.4, 0.5) is 17.6 Å². The second-order valence-electron chi connectivity index (χ2n) is 8.44. The van der Waals surface area contributed by atoms with E-state index in [1.165, 1.54) is 0 Å². The lowest BCUT2D eigenvalue weighted by atomic mass is 9.96. The van der Waals surface area contributed by atoms with Crippen LogP contribution >= 0.6 is 0 Å². The Morgan fingerprint density at radius 2 is 1.72 bits per heavy atom. The van der Waals surface area contributed by atoms with Crippen LogP contribution in [0.5, 0.6) is 0 Å². The van der Waals surface area contributed by atoms with Crippen LogP contribution in [-0.4, -0.2) is 60.9 Å². The minimum absolute atomic E-state index is 0.0438. The lowest BCUT2D eigenvalue weighted by Crippen LogP contribution is -2.47. The van der Waals surface area contributed by atoms with Crippen LogP contribution in [0.15, 0.2) is 18.2 Å². The maximum Gasteiger partial charge on any atom is 0.416 e. The number of rotatable bonds is 5. The average molecular weight is 454 g/mol. The van der Waals surface area contributed by atoms with E-state index in [1.54, 1.807) is 4.90 Å². The molecular formula is C22H26F4N4O2. The molecule has 1 aromatic rings. The molecule has 2 heterocycles. The number of benzene rings is 1. The van der Waals surface area contributed by atoms with Crippen molar-refractivity contribution in [3.05, 3.63) is 35.1 Å². The predicted molar refractivity (Wildman–Crippen MR) is 108 cm³/mol. The van der Waals surface area contributed by atoms with E-state index < -0.39 is 23.5 Å². The largest absolute Gasteiger partial charge is 0.416 e. The third-order valence-electron chi connectivity index (χ3n) is 6.13. The number of likely N-dealkylation sites (tertiary alicyclic amines) is 2. The molecule has 0 radical (unpaired) electrons. The van der Waals surface area contributed by atoms with E-state index >= 15 is 0 Å². The summed E-state index contributed by atoms with van der Waals surface area (Å²) in [5.41, 5.74) is -1.57. The fourth-order valence-corrected chi connectivity index (χ4v) is 4.12. The average Bonchev–Trinajstić information content (AvgIpc) is 2.77. The first-order valence-electron chi connectivity index (χ1n) is 10.7. The van der Waals surface area contributed by atoms with Gasteiger partial charge in [-0.3, -0.25) is 14.5 Å². The van der Waals surface area contributed by atoms with Crippen LogP contribution in [-0.2, 0) is 11.0 Å². The van der Waals surface area contributed by atoms with Crippen LogP contribution < -0.4 is 5.32 Å². The predicted octanol–water partition coefficient (Wildman–Crippen LogP) is 3.05. The van der Waals surface area contributed by atoms with Gasteiger partial charge in [0.1, 0.15) is 5.82 Å². The summed E-state index contributed by atoms with van der Waals surface area (Å²) in [6, 6.07) is 4.05. The molecule has 0 unspecified atom stereocenters. The van der Waals surface area contributed by atoms with Crippen LogP contribution in [0.3, 0.4) is 0 Å². The number of hydrogen-bond donors (Lipinski definition) is 1. The van der Waals surface area contributed by atoms with Gasteiger partial charge in [-0.15, -0.1) is 0 Å². The van der Waals surface area contributed by atoms with E-state index in [0.29, 0.717) is 44.6 Å². The van der Waals surface area contributed by atoms with Crippen molar-refractivity contribution >= 4 is 11.8 Å². The van der Waals surface area contributed by atoms with Gasteiger partial charge in [-0.2, -0.15) is 18.4 Å². The molecule has 1 N–H and O–H groups in total. The quantitative estimate of drug-likeness (QED) is 0.694. The number of nitrogens with zero attached hydrogens (tertiary/aromatic N) is 3. The highest BCUT2D eigenvalue weighted by molar-refractivity contribution is 5.94. The molecule has 0 aliphatic carbocycles. The molecule has 174 valence electrons. The van der Waals surface area contributed by atoms with Gasteiger partial charge >= 0.3 is 6.18 Å². The molecule has 0 saturated carbocycles. The normalized spacial score (nSPS) is 18.9. The third-order valence-corrected chi connectivity index (χ3v) is 6.13. The number of nitriles is 1. The molecule has 0 bridgehead atoms. The summed E-state index contributed by atoms with van der Waals surface area (Å²) in [5.74, 6) is -1.67. The summed E-state index contributed by atoms with van der Waals surface area (Å²) in [7, 11) is 0. The minimum Gasteiger partial charge on any atom is -0.352 e. The van der Waals surface area contributed by atoms with Gasteiger partial charge in [0, 0.05) is 31.1 Å². The molecule has 2 amide bonds. The lowest BCUT2D eigenvalue weighted by Gasteiger charge is -2.35. The standard InChI is InChI=1S/C22H26F4N4O2/c23-19-10-17(9-18(11-19)22(24,25)26)21(32)28-13-16-3-7-30(8-4-16)20(31)14-29-5-1-15(12-27)2-6-29/h9-11,15-16H,1-8,13-14H2,(H,28,32).